The predicted octanol–water partition coefficient (Wildman–Crippen LogP) is -0.983. The number of hydrogen-bond acceptors (Lipinski definition) is 4. The van der Waals surface area contributed by atoms with Crippen LogP contribution in [0.2, 0.25) is 0 Å². The molecule has 1 amide bonds. The van der Waals surface area contributed by atoms with Crippen LogP contribution in [0, 0.1) is 0 Å². The Labute approximate surface area is 85.2 Å². The van der Waals surface area contributed by atoms with E-state index in [1.807, 2.05) is 0 Å². The summed E-state index contributed by atoms with van der Waals surface area (Å²) in [5.74, 6) is -2.19. The molecule has 0 aliphatic carbocycles. The van der Waals surface area contributed by atoms with Crippen molar-refractivity contribution in [2.75, 3.05) is 19.8 Å². The van der Waals surface area contributed by atoms with Gasteiger partial charge in [-0.25, -0.2) is 0 Å². The number of carbonyl (C=O) groups is 2. The van der Waals surface area contributed by atoms with Gasteiger partial charge >= 0.3 is 7.60 Å². The predicted molar refractivity (Wildman–Crippen MR) is 49.2 cm³/mol. The molecule has 8 heteroatoms. The molecule has 84 valence electrons. The normalized spacial score (nSPS) is 17.5. The summed E-state index contributed by atoms with van der Waals surface area (Å²) in [5.41, 5.74) is -0.527. The number of nitrogens with zero attached hydrogens (tertiary/aromatic N) is 1. The van der Waals surface area contributed by atoms with E-state index in [2.05, 4.69) is 0 Å². The van der Waals surface area contributed by atoms with Crippen LogP contribution in [0.15, 0.2) is 11.3 Å². The van der Waals surface area contributed by atoms with E-state index in [0.29, 0.717) is 0 Å². The van der Waals surface area contributed by atoms with Gasteiger partial charge in [0.25, 0.3) is 5.91 Å². The van der Waals surface area contributed by atoms with Crippen molar-refractivity contribution < 1.29 is 29.0 Å². The number of amides is 1. The molecule has 1 aliphatic heterocycles. The van der Waals surface area contributed by atoms with Crippen molar-refractivity contribution in [1.82, 2.24) is 4.90 Å². The lowest BCUT2D eigenvalue weighted by Gasteiger charge is -2.07. The van der Waals surface area contributed by atoms with Crippen molar-refractivity contribution >= 4 is 19.3 Å². The molecule has 1 aliphatic rings. The van der Waals surface area contributed by atoms with E-state index in [0.717, 1.165) is 4.90 Å². The maximum absolute atomic E-state index is 11.3. The summed E-state index contributed by atoms with van der Waals surface area (Å²) in [6.07, 6.45) is -1.06. The standard InChI is InChI=1S/C7H10NO6P/c1-8-2-4(9)6(7(8)11)5(10)3-15(12,13)14/h9H,2-3H2,1H3,(H2,12,13,14). The summed E-state index contributed by atoms with van der Waals surface area (Å²) in [6, 6.07) is 0. The molecule has 0 radical (unpaired) electrons. The summed E-state index contributed by atoms with van der Waals surface area (Å²) >= 11 is 0. The number of ketones is 1. The molecule has 7 nitrogen and oxygen atoms in total. The van der Waals surface area contributed by atoms with Crippen LogP contribution >= 0.6 is 7.60 Å². The molecule has 0 aromatic carbocycles. The number of carbonyl (C=O) groups excluding carboxylic acids is 2. The number of likely N-dealkylation sites (N-methyl/N-ethyl adjacent to an activating group) is 1. The monoisotopic (exact) mass is 235 g/mol. The van der Waals surface area contributed by atoms with E-state index in [1.54, 1.807) is 0 Å². The summed E-state index contributed by atoms with van der Waals surface area (Å²) < 4.78 is 10.5. The van der Waals surface area contributed by atoms with E-state index in [9.17, 15) is 19.3 Å². The van der Waals surface area contributed by atoms with Crippen LogP contribution in [0.3, 0.4) is 0 Å². The van der Waals surface area contributed by atoms with E-state index < -0.39 is 36.8 Å². The van der Waals surface area contributed by atoms with Gasteiger partial charge in [0.05, 0.1) is 6.54 Å². The highest BCUT2D eigenvalue weighted by molar-refractivity contribution is 7.52. The highest BCUT2D eigenvalue weighted by Gasteiger charge is 2.35. The summed E-state index contributed by atoms with van der Waals surface area (Å²) in [5, 5.41) is 9.24. The molecule has 0 unspecified atom stereocenters. The van der Waals surface area contributed by atoms with Gasteiger partial charge in [-0.1, -0.05) is 0 Å². The molecule has 1 heterocycles. The van der Waals surface area contributed by atoms with Gasteiger partial charge in [-0.05, 0) is 0 Å². The number of Topliss-reactive ketones (excluding diaryl/α,β-unsaturated/α-hetero) is 1. The van der Waals surface area contributed by atoms with Gasteiger partial charge in [-0.2, -0.15) is 0 Å². The van der Waals surface area contributed by atoms with E-state index in [1.165, 1.54) is 7.05 Å². The third-order valence-electron chi connectivity index (χ3n) is 1.86. The van der Waals surface area contributed by atoms with E-state index >= 15 is 0 Å². The SMILES string of the molecule is CN1CC(O)=C(C(=O)CP(=O)(O)O)C1=O. The Bertz CT molecular complexity index is 394. The number of rotatable bonds is 3. The van der Waals surface area contributed by atoms with Crippen molar-refractivity contribution in [3.63, 3.8) is 0 Å². The van der Waals surface area contributed by atoms with Gasteiger partial charge in [-0.15, -0.1) is 0 Å². The van der Waals surface area contributed by atoms with E-state index in [4.69, 9.17) is 9.79 Å². The van der Waals surface area contributed by atoms with E-state index in [-0.39, 0.29) is 6.54 Å². The zero-order valence-corrected chi connectivity index (χ0v) is 8.77. The Kier molecular flexibility index (Phi) is 2.99. The lowest BCUT2D eigenvalue weighted by atomic mass is 10.2. The molecule has 0 atom stereocenters. The molecular weight excluding hydrogens is 225 g/mol. The maximum atomic E-state index is 11.3. The first-order valence-electron chi connectivity index (χ1n) is 3.97. The van der Waals surface area contributed by atoms with Crippen molar-refractivity contribution in [1.29, 1.82) is 0 Å². The molecule has 15 heavy (non-hydrogen) atoms. The average Bonchev–Trinajstić information content (AvgIpc) is 2.22. The van der Waals surface area contributed by atoms with Crippen LogP contribution < -0.4 is 0 Å². The van der Waals surface area contributed by atoms with Gasteiger partial charge in [0, 0.05) is 7.05 Å². The lowest BCUT2D eigenvalue weighted by molar-refractivity contribution is -0.126. The third-order valence-corrected chi connectivity index (χ3v) is 2.56. The van der Waals surface area contributed by atoms with Crippen LogP contribution in [0.4, 0.5) is 0 Å². The third kappa shape index (κ3) is 2.65. The fraction of sp³-hybridized carbons (Fsp3) is 0.429. The minimum atomic E-state index is -4.51. The van der Waals surface area contributed by atoms with Crippen molar-refractivity contribution in [3.05, 3.63) is 11.3 Å². The fourth-order valence-corrected chi connectivity index (χ4v) is 1.77. The lowest BCUT2D eigenvalue weighted by Crippen LogP contribution is -2.25. The Morgan fingerprint density at radius 3 is 2.40 bits per heavy atom. The Balaban J connectivity index is 2.90. The van der Waals surface area contributed by atoms with Gasteiger partial charge in [-0.3, -0.25) is 14.2 Å². The second-order valence-corrected chi connectivity index (χ2v) is 4.87. The first-order chi connectivity index (χ1) is 6.72. The van der Waals surface area contributed by atoms with Gasteiger partial charge in [0.15, 0.2) is 5.78 Å². The molecule has 0 aromatic rings. The molecule has 0 spiro atoms. The molecule has 0 aromatic heterocycles. The molecule has 3 N–H and O–H groups in total. The minimum absolute atomic E-state index is 0.110. The smallest absolute Gasteiger partial charge is 0.333 e. The van der Waals surface area contributed by atoms with Crippen LogP contribution in [0.25, 0.3) is 0 Å². The minimum Gasteiger partial charge on any atom is -0.509 e. The second kappa shape index (κ2) is 3.77. The van der Waals surface area contributed by atoms with Crippen molar-refractivity contribution in [2.24, 2.45) is 0 Å². The second-order valence-electron chi connectivity index (χ2n) is 3.23. The van der Waals surface area contributed by atoms with Crippen molar-refractivity contribution in [3.8, 4) is 0 Å². The molecule has 0 saturated carbocycles. The van der Waals surface area contributed by atoms with Crippen LogP contribution in [0.1, 0.15) is 0 Å². The van der Waals surface area contributed by atoms with Gasteiger partial charge in [0.1, 0.15) is 17.5 Å². The first-order valence-corrected chi connectivity index (χ1v) is 5.77. The first kappa shape index (κ1) is 11.9. The van der Waals surface area contributed by atoms with Crippen molar-refractivity contribution in [2.45, 2.75) is 0 Å². The summed E-state index contributed by atoms with van der Waals surface area (Å²) in [4.78, 5) is 40.7. The average molecular weight is 235 g/mol. The summed E-state index contributed by atoms with van der Waals surface area (Å²) in [7, 11) is -3.14. The van der Waals surface area contributed by atoms with Crippen LogP contribution in [0.5, 0.6) is 0 Å². The van der Waals surface area contributed by atoms with Gasteiger partial charge < -0.3 is 19.8 Å². The zero-order valence-electron chi connectivity index (χ0n) is 7.88. The van der Waals surface area contributed by atoms with Gasteiger partial charge in [0.2, 0.25) is 0 Å². The molecule has 0 bridgehead atoms. The fourth-order valence-electron chi connectivity index (χ4n) is 1.24. The highest BCUT2D eigenvalue weighted by Crippen LogP contribution is 2.35. The highest BCUT2D eigenvalue weighted by atomic mass is 31.2. The Morgan fingerprint density at radius 2 is 2.07 bits per heavy atom. The molecular formula is C7H10NO6P. The van der Waals surface area contributed by atoms with Crippen LogP contribution in [-0.4, -0.2) is 51.2 Å². The summed E-state index contributed by atoms with van der Waals surface area (Å²) in [6.45, 7) is -0.110. The van der Waals surface area contributed by atoms with Crippen LogP contribution in [-0.2, 0) is 14.2 Å². The molecule has 0 saturated heterocycles. The quantitative estimate of drug-likeness (QED) is 0.427. The Hall–Kier alpha value is -1.17. The molecule has 0 fully saturated rings. The molecule has 1 rings (SSSR count). The largest absolute Gasteiger partial charge is 0.509 e. The Morgan fingerprint density at radius 1 is 1.53 bits per heavy atom. The number of hydrogen-bond donors (Lipinski definition) is 3. The number of aliphatic hydroxyl groups is 1. The number of aliphatic hydroxyl groups excluding tert-OH is 1. The maximum Gasteiger partial charge on any atom is 0.333 e. The topological polar surface area (TPSA) is 115 Å². The zero-order chi connectivity index (χ0) is 11.8.